The van der Waals surface area contributed by atoms with Gasteiger partial charge in [-0.3, -0.25) is 9.59 Å². The topological polar surface area (TPSA) is 154 Å². The van der Waals surface area contributed by atoms with Gasteiger partial charge in [0, 0.05) is 35.6 Å². The third kappa shape index (κ3) is 5.82. The molecular weight excluding hydrogens is 586 g/mol. The number of carbonyl (C=O) groups is 3. The van der Waals surface area contributed by atoms with Gasteiger partial charge in [-0.2, -0.15) is 0 Å². The van der Waals surface area contributed by atoms with Crippen molar-refractivity contribution in [2.75, 3.05) is 18.8 Å². The molecule has 2 heterocycles. The van der Waals surface area contributed by atoms with E-state index < -0.39 is 34.4 Å². The van der Waals surface area contributed by atoms with Gasteiger partial charge in [0.1, 0.15) is 11.1 Å². The Morgan fingerprint density at radius 3 is 2.53 bits per heavy atom. The first-order chi connectivity index (χ1) is 21.4. The zero-order valence-corrected chi connectivity index (χ0v) is 26.7. The summed E-state index contributed by atoms with van der Waals surface area (Å²) in [4.78, 5) is 43.3. The highest BCUT2D eigenvalue weighted by atomic mass is 32.2. The van der Waals surface area contributed by atoms with Crippen LogP contribution in [0, 0.1) is 0 Å². The Kier molecular flexibility index (Phi) is 8.18. The highest BCUT2D eigenvalue weighted by molar-refractivity contribution is 8.01. The number of rotatable bonds is 5. The molecule has 9 nitrogen and oxygen atoms in total. The molecule has 236 valence electrons. The van der Waals surface area contributed by atoms with Crippen molar-refractivity contribution in [2.24, 2.45) is 11.5 Å². The van der Waals surface area contributed by atoms with Gasteiger partial charge in [-0.15, -0.1) is 11.8 Å². The largest absolute Gasteiger partial charge is 0.444 e. The number of ketones is 1. The number of benzene rings is 3. The SMILES string of the molecule is CC(C)(C)OC(=O)N1CCC[C@@H](NC(=O)C2Sc3c(N)ccc4c3C2C(N)C(=O)C4(N)c2cccc(Cc3ccccc3)c2)C1. The molecule has 4 unspecified atom stereocenters. The molecule has 3 aromatic carbocycles. The van der Waals surface area contributed by atoms with E-state index in [2.05, 4.69) is 17.4 Å². The fourth-order valence-corrected chi connectivity index (χ4v) is 8.30. The number of nitrogens with zero attached hydrogens (tertiary/aromatic N) is 1. The molecule has 3 aromatic rings. The third-order valence-corrected chi connectivity index (χ3v) is 10.4. The van der Waals surface area contributed by atoms with Crippen LogP contribution < -0.4 is 22.5 Å². The van der Waals surface area contributed by atoms with Crippen LogP contribution in [0.2, 0.25) is 0 Å². The maximum atomic E-state index is 14.3. The lowest BCUT2D eigenvalue weighted by Gasteiger charge is -2.41. The van der Waals surface area contributed by atoms with E-state index in [1.54, 1.807) is 11.0 Å². The maximum absolute atomic E-state index is 14.3. The van der Waals surface area contributed by atoms with Crippen molar-refractivity contribution < 1.29 is 19.1 Å². The van der Waals surface area contributed by atoms with E-state index >= 15 is 0 Å². The lowest BCUT2D eigenvalue weighted by molar-refractivity contribution is -0.126. The number of nitrogens with two attached hydrogens (primary N) is 3. The predicted octanol–water partition coefficient (Wildman–Crippen LogP) is 4.05. The number of hydrogen-bond acceptors (Lipinski definition) is 8. The quantitative estimate of drug-likeness (QED) is 0.309. The number of Topliss-reactive ketones (excluding diaryl/α,β-unsaturated/α-hetero) is 1. The Labute approximate surface area is 268 Å². The molecular formula is C35H41N5O4S. The highest BCUT2D eigenvalue weighted by Gasteiger charge is 2.56. The lowest BCUT2D eigenvalue weighted by atomic mass is 9.65. The summed E-state index contributed by atoms with van der Waals surface area (Å²) in [6.07, 6.45) is 1.76. The van der Waals surface area contributed by atoms with E-state index in [0.717, 1.165) is 34.4 Å². The zero-order chi connectivity index (χ0) is 32.1. The van der Waals surface area contributed by atoms with Crippen molar-refractivity contribution in [3.8, 4) is 0 Å². The first kappa shape index (κ1) is 31.1. The Morgan fingerprint density at radius 2 is 1.80 bits per heavy atom. The van der Waals surface area contributed by atoms with Crippen molar-refractivity contribution in [1.29, 1.82) is 0 Å². The molecule has 1 aliphatic carbocycles. The first-order valence-corrected chi connectivity index (χ1v) is 16.3. The van der Waals surface area contributed by atoms with Gasteiger partial charge < -0.3 is 32.2 Å². The molecule has 45 heavy (non-hydrogen) atoms. The number of ether oxygens (including phenoxy) is 1. The standard InChI is InChI=1S/C35H41N5O4S/c1-34(2,3)44-33(43)40-16-8-13-23(19-40)39-32(42)30-27-26-24(14-15-25(36)29(26)45-30)35(38,31(41)28(27)37)22-12-7-11-21(18-22)17-20-9-5-4-6-10-20/h4-7,9-12,14-15,18,23,27-28,30H,8,13,16-17,19,36-38H2,1-3H3,(H,39,42)/t23-,27?,28?,30?,35?/m1/s1. The molecule has 0 spiro atoms. The van der Waals surface area contributed by atoms with Crippen molar-refractivity contribution >= 4 is 35.2 Å². The van der Waals surface area contributed by atoms with Gasteiger partial charge in [0.25, 0.3) is 0 Å². The van der Waals surface area contributed by atoms with Crippen LogP contribution in [0.4, 0.5) is 10.5 Å². The summed E-state index contributed by atoms with van der Waals surface area (Å²) in [7, 11) is 0. The van der Waals surface area contributed by atoms with Crippen LogP contribution in [0.1, 0.15) is 67.3 Å². The molecule has 7 N–H and O–H groups in total. The Morgan fingerprint density at radius 1 is 1.07 bits per heavy atom. The van der Waals surface area contributed by atoms with Crippen LogP contribution in [-0.2, 0) is 26.3 Å². The molecule has 3 aliphatic rings. The van der Waals surface area contributed by atoms with Crippen LogP contribution in [-0.4, -0.2) is 58.7 Å². The number of likely N-dealkylation sites (tertiary alicyclic amines) is 1. The molecule has 0 saturated carbocycles. The second kappa shape index (κ2) is 11.8. The predicted molar refractivity (Wildman–Crippen MR) is 176 cm³/mol. The summed E-state index contributed by atoms with van der Waals surface area (Å²) in [6, 6.07) is 20.2. The normalized spacial score (nSPS) is 25.9. The fraction of sp³-hybridized carbons (Fsp3) is 0.400. The molecule has 10 heteroatoms. The molecule has 1 saturated heterocycles. The molecule has 0 bridgehead atoms. The van der Waals surface area contributed by atoms with Gasteiger partial charge in [-0.1, -0.05) is 60.7 Å². The zero-order valence-electron chi connectivity index (χ0n) is 25.9. The van der Waals surface area contributed by atoms with E-state index in [9.17, 15) is 14.4 Å². The van der Waals surface area contributed by atoms with E-state index in [0.29, 0.717) is 36.3 Å². The number of nitrogens with one attached hydrogen (secondary N) is 1. The van der Waals surface area contributed by atoms with Gasteiger partial charge >= 0.3 is 6.09 Å². The number of anilines is 1. The fourth-order valence-electron chi connectivity index (χ4n) is 6.84. The number of hydrogen-bond donors (Lipinski definition) is 4. The number of thioether (sulfide) groups is 1. The van der Waals surface area contributed by atoms with E-state index in [4.69, 9.17) is 21.9 Å². The highest BCUT2D eigenvalue weighted by Crippen LogP contribution is 2.56. The van der Waals surface area contributed by atoms with E-state index in [1.807, 2.05) is 69.3 Å². The smallest absolute Gasteiger partial charge is 0.410 e. The van der Waals surface area contributed by atoms with Crippen LogP contribution >= 0.6 is 11.8 Å². The number of carbonyl (C=O) groups excluding carboxylic acids is 3. The molecule has 5 atom stereocenters. The van der Waals surface area contributed by atoms with Gasteiger partial charge in [0.15, 0.2) is 5.78 Å². The summed E-state index contributed by atoms with van der Waals surface area (Å²) < 4.78 is 5.55. The first-order valence-electron chi connectivity index (χ1n) is 15.5. The van der Waals surface area contributed by atoms with Crippen LogP contribution in [0.15, 0.2) is 71.6 Å². The average molecular weight is 628 g/mol. The van der Waals surface area contributed by atoms with Crippen molar-refractivity contribution in [3.63, 3.8) is 0 Å². The third-order valence-electron chi connectivity index (χ3n) is 8.95. The molecule has 2 amide bonds. The second-order valence-corrected chi connectivity index (χ2v) is 14.5. The minimum Gasteiger partial charge on any atom is -0.444 e. The summed E-state index contributed by atoms with van der Waals surface area (Å²) in [5.74, 6) is -1.16. The summed E-state index contributed by atoms with van der Waals surface area (Å²) in [6.45, 7) is 6.40. The molecule has 1 fully saturated rings. The van der Waals surface area contributed by atoms with Gasteiger partial charge in [-0.25, -0.2) is 4.79 Å². The van der Waals surface area contributed by atoms with Crippen molar-refractivity contribution in [1.82, 2.24) is 10.2 Å². The van der Waals surface area contributed by atoms with E-state index in [1.165, 1.54) is 11.8 Å². The van der Waals surface area contributed by atoms with E-state index in [-0.39, 0.29) is 17.7 Å². The molecule has 6 rings (SSSR count). The Balaban J connectivity index is 1.28. The van der Waals surface area contributed by atoms with Crippen LogP contribution in [0.3, 0.4) is 0 Å². The number of amides is 2. The van der Waals surface area contributed by atoms with Crippen LogP contribution in [0.5, 0.6) is 0 Å². The molecule has 0 aromatic heterocycles. The Hall–Kier alpha value is -3.86. The molecule has 0 radical (unpaired) electrons. The summed E-state index contributed by atoms with van der Waals surface area (Å²) >= 11 is 1.34. The van der Waals surface area contributed by atoms with Gasteiger partial charge in [-0.05, 0) is 73.9 Å². The van der Waals surface area contributed by atoms with Crippen molar-refractivity contribution in [2.45, 2.75) is 79.3 Å². The minimum absolute atomic E-state index is 0.236. The number of nitrogen functional groups attached to an aromatic ring is 1. The monoisotopic (exact) mass is 627 g/mol. The second-order valence-electron chi connectivity index (χ2n) is 13.3. The summed E-state index contributed by atoms with van der Waals surface area (Å²) in [5.41, 5.74) is 23.0. The van der Waals surface area contributed by atoms with Crippen LogP contribution in [0.25, 0.3) is 0 Å². The maximum Gasteiger partial charge on any atom is 0.410 e. The Bertz CT molecular complexity index is 1640. The van der Waals surface area contributed by atoms with Gasteiger partial charge in [0.2, 0.25) is 5.91 Å². The van der Waals surface area contributed by atoms with Crippen molar-refractivity contribution in [3.05, 3.63) is 94.5 Å². The summed E-state index contributed by atoms with van der Waals surface area (Å²) in [5, 5.41) is 2.47. The number of piperidine rings is 1. The van der Waals surface area contributed by atoms with Gasteiger partial charge in [0.05, 0.1) is 11.3 Å². The minimum atomic E-state index is -1.50. The molecule has 2 aliphatic heterocycles. The lowest BCUT2D eigenvalue weighted by Crippen LogP contribution is -2.61. The average Bonchev–Trinajstić information content (AvgIpc) is 3.41.